The molecule has 0 spiro atoms. The van der Waals surface area contributed by atoms with Crippen LogP contribution in [0.2, 0.25) is 5.31 Å². The fourth-order valence-electron chi connectivity index (χ4n) is 5.39. The molecular formula is C19H35BN2. The van der Waals surface area contributed by atoms with Gasteiger partial charge in [0.15, 0.2) is 0 Å². The van der Waals surface area contributed by atoms with Crippen molar-refractivity contribution in [3.05, 3.63) is 0 Å². The van der Waals surface area contributed by atoms with Crippen LogP contribution in [0.4, 0.5) is 0 Å². The highest BCUT2D eigenvalue weighted by molar-refractivity contribution is 6.16. The molecule has 2 radical (unpaired) electrons. The Kier molecular flexibility index (Phi) is 5.04. The Balaban J connectivity index is 2.44. The van der Waals surface area contributed by atoms with E-state index in [4.69, 9.17) is 7.85 Å². The van der Waals surface area contributed by atoms with E-state index in [1.165, 1.54) is 25.1 Å². The minimum atomic E-state index is -0.0596. The smallest absolute Gasteiger partial charge is 0.0990 e. The second kappa shape index (κ2) is 6.21. The number of amidine groups is 1. The van der Waals surface area contributed by atoms with Gasteiger partial charge in [-0.05, 0) is 43.9 Å². The SMILES string of the molecule is [B]C1(C(C)C)CCCC2C(CCC(=NC)N2C(C)C)C1(C)C. The van der Waals surface area contributed by atoms with Crippen molar-refractivity contribution < 1.29 is 0 Å². The third-order valence-electron chi connectivity index (χ3n) is 6.86. The monoisotopic (exact) mass is 302 g/mol. The number of aliphatic imine (C=N–C) groups is 1. The number of likely N-dealkylation sites (tertiary alicyclic amines) is 1. The Morgan fingerprint density at radius 1 is 1.18 bits per heavy atom. The molecule has 0 aromatic carbocycles. The molecule has 124 valence electrons. The van der Waals surface area contributed by atoms with Gasteiger partial charge in [-0.2, -0.15) is 0 Å². The van der Waals surface area contributed by atoms with Crippen LogP contribution in [0.15, 0.2) is 4.99 Å². The van der Waals surface area contributed by atoms with Gasteiger partial charge in [0.1, 0.15) is 0 Å². The molecule has 2 rings (SSSR count). The third kappa shape index (κ3) is 2.63. The summed E-state index contributed by atoms with van der Waals surface area (Å²) < 4.78 is 0. The van der Waals surface area contributed by atoms with Crippen molar-refractivity contribution >= 4 is 13.7 Å². The molecule has 1 saturated heterocycles. The van der Waals surface area contributed by atoms with E-state index in [0.717, 1.165) is 12.8 Å². The van der Waals surface area contributed by atoms with Gasteiger partial charge in [-0.3, -0.25) is 4.99 Å². The van der Waals surface area contributed by atoms with Crippen LogP contribution in [0.5, 0.6) is 0 Å². The lowest BCUT2D eigenvalue weighted by molar-refractivity contribution is 0.0304. The summed E-state index contributed by atoms with van der Waals surface area (Å²) >= 11 is 0. The molecular weight excluding hydrogens is 267 g/mol. The van der Waals surface area contributed by atoms with Gasteiger partial charge in [-0.1, -0.05) is 45.9 Å². The lowest BCUT2D eigenvalue weighted by Crippen LogP contribution is -2.56. The van der Waals surface area contributed by atoms with E-state index in [0.29, 0.717) is 23.9 Å². The summed E-state index contributed by atoms with van der Waals surface area (Å²) in [7, 11) is 8.98. The van der Waals surface area contributed by atoms with Gasteiger partial charge in [0.25, 0.3) is 0 Å². The second-order valence-electron chi connectivity index (χ2n) is 8.66. The molecule has 3 atom stereocenters. The van der Waals surface area contributed by atoms with Crippen LogP contribution in [0.25, 0.3) is 0 Å². The van der Waals surface area contributed by atoms with E-state index in [2.05, 4.69) is 51.4 Å². The topological polar surface area (TPSA) is 15.6 Å². The lowest BCUT2D eigenvalue weighted by atomic mass is 9.44. The van der Waals surface area contributed by atoms with Crippen molar-refractivity contribution in [1.82, 2.24) is 4.90 Å². The Hall–Kier alpha value is -0.465. The van der Waals surface area contributed by atoms with E-state index in [1.54, 1.807) is 0 Å². The van der Waals surface area contributed by atoms with Gasteiger partial charge < -0.3 is 4.90 Å². The average Bonchev–Trinajstić information content (AvgIpc) is 2.54. The number of piperidine rings is 1. The van der Waals surface area contributed by atoms with E-state index >= 15 is 0 Å². The zero-order valence-corrected chi connectivity index (χ0v) is 15.8. The zero-order chi connectivity index (χ0) is 16.7. The molecule has 0 amide bonds. The average molecular weight is 302 g/mol. The maximum Gasteiger partial charge on any atom is 0.0990 e. The Morgan fingerprint density at radius 3 is 2.32 bits per heavy atom. The Bertz CT molecular complexity index is 427. The van der Waals surface area contributed by atoms with Crippen molar-refractivity contribution in [1.29, 1.82) is 0 Å². The Labute approximate surface area is 139 Å². The standard InChI is InChI=1S/C19H35BN2/c1-13(2)19(20)12-8-9-16-15(18(19,5)6)10-11-17(21-7)22(16)14(3)4/h13-16H,8-12H2,1-7H3. The fourth-order valence-corrected chi connectivity index (χ4v) is 5.39. The van der Waals surface area contributed by atoms with Crippen molar-refractivity contribution in [2.24, 2.45) is 22.2 Å². The van der Waals surface area contributed by atoms with Gasteiger partial charge in [0.2, 0.25) is 0 Å². The molecule has 3 heteroatoms. The van der Waals surface area contributed by atoms with Crippen molar-refractivity contribution in [2.75, 3.05) is 7.05 Å². The normalized spacial score (nSPS) is 37.5. The van der Waals surface area contributed by atoms with Crippen molar-refractivity contribution in [3.63, 3.8) is 0 Å². The molecule has 2 aliphatic rings. The van der Waals surface area contributed by atoms with Gasteiger partial charge >= 0.3 is 0 Å². The molecule has 1 saturated carbocycles. The van der Waals surface area contributed by atoms with Crippen LogP contribution in [0, 0.1) is 17.3 Å². The van der Waals surface area contributed by atoms with Crippen molar-refractivity contribution in [2.45, 2.75) is 91.0 Å². The maximum atomic E-state index is 7.03. The highest BCUT2D eigenvalue weighted by Gasteiger charge is 2.53. The first-order valence-corrected chi connectivity index (χ1v) is 9.19. The summed E-state index contributed by atoms with van der Waals surface area (Å²) in [4.78, 5) is 7.22. The molecule has 0 N–H and O–H groups in total. The molecule has 2 fully saturated rings. The second-order valence-corrected chi connectivity index (χ2v) is 8.66. The predicted molar refractivity (Wildman–Crippen MR) is 97.8 cm³/mol. The zero-order valence-electron chi connectivity index (χ0n) is 15.8. The van der Waals surface area contributed by atoms with Crippen LogP contribution in [0.1, 0.15) is 73.6 Å². The first kappa shape index (κ1) is 17.9. The molecule has 2 nitrogen and oxygen atoms in total. The maximum absolute atomic E-state index is 7.03. The van der Waals surface area contributed by atoms with Crippen LogP contribution in [-0.2, 0) is 0 Å². The molecule has 1 heterocycles. The van der Waals surface area contributed by atoms with Crippen molar-refractivity contribution in [3.8, 4) is 0 Å². The highest BCUT2D eigenvalue weighted by Crippen LogP contribution is 2.61. The third-order valence-corrected chi connectivity index (χ3v) is 6.86. The number of hydrogen-bond acceptors (Lipinski definition) is 1. The number of hydrogen-bond donors (Lipinski definition) is 0. The van der Waals surface area contributed by atoms with E-state index in [1.807, 2.05) is 7.05 Å². The van der Waals surface area contributed by atoms with E-state index in [9.17, 15) is 0 Å². The summed E-state index contributed by atoms with van der Waals surface area (Å²) in [5.41, 5.74) is 0.161. The highest BCUT2D eigenvalue weighted by atomic mass is 15.2. The number of nitrogens with zero attached hydrogens (tertiary/aromatic N) is 2. The fraction of sp³-hybridized carbons (Fsp3) is 0.947. The van der Waals surface area contributed by atoms with Gasteiger partial charge in [-0.25, -0.2) is 0 Å². The molecule has 3 unspecified atom stereocenters. The first-order valence-electron chi connectivity index (χ1n) is 9.19. The number of fused-ring (bicyclic) bond motifs is 1. The van der Waals surface area contributed by atoms with Crippen LogP contribution < -0.4 is 0 Å². The molecule has 22 heavy (non-hydrogen) atoms. The van der Waals surface area contributed by atoms with E-state index in [-0.39, 0.29) is 10.7 Å². The molecule has 0 bridgehead atoms. The summed E-state index contributed by atoms with van der Waals surface area (Å²) in [6.45, 7) is 14.1. The van der Waals surface area contributed by atoms with Crippen LogP contribution in [-0.4, -0.2) is 37.7 Å². The summed E-state index contributed by atoms with van der Waals surface area (Å²) in [5.74, 6) is 2.49. The van der Waals surface area contributed by atoms with E-state index < -0.39 is 0 Å². The summed E-state index contributed by atoms with van der Waals surface area (Å²) in [6, 6.07) is 1.12. The largest absolute Gasteiger partial charge is 0.355 e. The minimum absolute atomic E-state index is 0.0596. The molecule has 1 aliphatic carbocycles. The minimum Gasteiger partial charge on any atom is -0.355 e. The van der Waals surface area contributed by atoms with Gasteiger partial charge in [0.05, 0.1) is 13.7 Å². The lowest BCUT2D eigenvalue weighted by Gasteiger charge is -2.56. The van der Waals surface area contributed by atoms with Gasteiger partial charge in [-0.15, -0.1) is 0 Å². The first-order chi connectivity index (χ1) is 10.2. The van der Waals surface area contributed by atoms with Crippen LogP contribution >= 0.6 is 0 Å². The predicted octanol–water partition coefficient (Wildman–Crippen LogP) is 4.70. The molecule has 0 aromatic rings. The summed E-state index contributed by atoms with van der Waals surface area (Å²) in [6.07, 6.45) is 5.98. The Morgan fingerprint density at radius 2 is 1.82 bits per heavy atom. The summed E-state index contributed by atoms with van der Waals surface area (Å²) in [5, 5.41) is -0.0596. The molecule has 1 aliphatic heterocycles. The molecule has 0 aromatic heterocycles. The quantitative estimate of drug-likeness (QED) is 0.675. The van der Waals surface area contributed by atoms with Gasteiger partial charge in [0, 0.05) is 25.6 Å². The number of rotatable bonds is 2. The van der Waals surface area contributed by atoms with Crippen LogP contribution in [0.3, 0.4) is 0 Å².